The molecule has 4 heteroatoms. The topological polar surface area (TPSA) is 12.5 Å². The minimum atomic E-state index is -2.48. The summed E-state index contributed by atoms with van der Waals surface area (Å²) < 4.78 is 20.1. The molecule has 166 valence electrons. The highest BCUT2D eigenvalue weighted by molar-refractivity contribution is 6.99. The molecule has 2 aliphatic rings. The Bertz CT molecular complexity index is 837. The van der Waals surface area contributed by atoms with E-state index in [-0.39, 0.29) is 10.5 Å². The second-order valence-corrected chi connectivity index (χ2v) is 14.8. The molecular weight excluding hydrogens is 401 g/mol. The zero-order valence-corrected chi connectivity index (χ0v) is 20.2. The van der Waals surface area contributed by atoms with Crippen molar-refractivity contribution in [1.29, 1.82) is 0 Å². The molecule has 31 heavy (non-hydrogen) atoms. The van der Waals surface area contributed by atoms with E-state index in [0.29, 0.717) is 0 Å². The highest BCUT2D eigenvalue weighted by atomic mass is 28.4. The van der Waals surface area contributed by atoms with Crippen LogP contribution in [0, 0.1) is 5.41 Å². The summed E-state index contributed by atoms with van der Waals surface area (Å²) in [5, 5.41) is 2.71. The smallest absolute Gasteiger partial charge is 0.261 e. The Morgan fingerprint density at radius 1 is 0.935 bits per heavy atom. The molecule has 0 atom stereocenters. The molecule has 0 amide bonds. The normalized spacial score (nSPS) is 19.3. The van der Waals surface area contributed by atoms with Gasteiger partial charge in [0, 0.05) is 31.7 Å². The average Bonchev–Trinajstić information content (AvgIpc) is 3.55. The van der Waals surface area contributed by atoms with Crippen molar-refractivity contribution in [3.05, 3.63) is 72.6 Å². The fourth-order valence-corrected chi connectivity index (χ4v) is 9.81. The van der Waals surface area contributed by atoms with Crippen LogP contribution in [0.5, 0.6) is 0 Å². The van der Waals surface area contributed by atoms with Crippen LogP contribution in [-0.4, -0.2) is 39.5 Å². The first-order chi connectivity index (χ1) is 14.9. The first-order valence-corrected chi connectivity index (χ1v) is 13.5. The summed E-state index contributed by atoms with van der Waals surface area (Å²) in [5.74, 6) is 0. The predicted octanol–water partition coefficient (Wildman–Crippen LogP) is 5.29. The fraction of sp³-hybridized carbons (Fsp3) is 0.481. The van der Waals surface area contributed by atoms with Crippen LogP contribution in [-0.2, 0) is 4.43 Å². The lowest BCUT2D eigenvalue weighted by Gasteiger charge is -2.44. The van der Waals surface area contributed by atoms with Gasteiger partial charge in [0.25, 0.3) is 8.32 Å². The molecular formula is C27H36FNOSi. The number of rotatable bonds is 7. The van der Waals surface area contributed by atoms with Crippen LogP contribution < -0.4 is 10.4 Å². The molecule has 0 radical (unpaired) electrons. The van der Waals surface area contributed by atoms with Crippen molar-refractivity contribution in [3.63, 3.8) is 0 Å². The molecule has 1 heterocycles. The number of nitrogens with zero attached hydrogens (tertiary/aromatic N) is 1. The van der Waals surface area contributed by atoms with Gasteiger partial charge in [0.05, 0.1) is 6.33 Å². The number of hydrogen-bond acceptors (Lipinski definition) is 2. The molecule has 2 aromatic rings. The van der Waals surface area contributed by atoms with Crippen LogP contribution in [0.2, 0.25) is 5.04 Å². The number of hydrogen-bond donors (Lipinski definition) is 0. The minimum Gasteiger partial charge on any atom is -0.407 e. The maximum atomic E-state index is 12.8. The molecule has 0 bridgehead atoms. The molecule has 0 aromatic heterocycles. The molecule has 1 saturated carbocycles. The summed E-state index contributed by atoms with van der Waals surface area (Å²) in [6.45, 7) is 10.8. The van der Waals surface area contributed by atoms with Gasteiger partial charge < -0.3 is 9.33 Å². The van der Waals surface area contributed by atoms with Crippen molar-refractivity contribution in [2.75, 3.05) is 26.2 Å². The van der Waals surface area contributed by atoms with Gasteiger partial charge in [0.15, 0.2) is 0 Å². The van der Waals surface area contributed by atoms with Crippen molar-refractivity contribution in [3.8, 4) is 0 Å². The third-order valence-corrected chi connectivity index (χ3v) is 12.2. The zero-order valence-electron chi connectivity index (χ0n) is 19.2. The Morgan fingerprint density at radius 3 is 1.87 bits per heavy atom. The SMILES string of the molecule is CC(C)(C)[Si](OCC1(CN2CCC(=CF)CC2)CC1)(c1ccccc1)c1ccccc1. The van der Waals surface area contributed by atoms with Crippen molar-refractivity contribution in [1.82, 2.24) is 4.90 Å². The Hall–Kier alpha value is -1.75. The van der Waals surface area contributed by atoms with E-state index in [4.69, 9.17) is 4.43 Å². The average molecular weight is 438 g/mol. The Morgan fingerprint density at radius 2 is 1.45 bits per heavy atom. The standard InChI is InChI=1S/C27H36FNOSi/c1-26(2,3)31(24-10-6-4-7-11-24,25-12-8-5-9-13-25)30-22-27(16-17-27)21-29-18-14-23(20-28)15-19-29/h4-13,20H,14-19,21-22H2,1-3H3. The molecule has 0 spiro atoms. The molecule has 2 nitrogen and oxygen atoms in total. The van der Waals surface area contributed by atoms with Crippen molar-refractivity contribution in [2.45, 2.75) is 51.5 Å². The third kappa shape index (κ3) is 4.71. The summed E-state index contributed by atoms with van der Waals surface area (Å²) in [5.41, 5.74) is 1.22. The quantitative estimate of drug-likeness (QED) is 0.546. The lowest BCUT2D eigenvalue weighted by Crippen LogP contribution is -2.67. The van der Waals surface area contributed by atoms with Gasteiger partial charge in [-0.05, 0) is 46.7 Å². The number of benzene rings is 2. The molecule has 1 saturated heterocycles. The molecule has 2 fully saturated rings. The van der Waals surface area contributed by atoms with Crippen molar-refractivity contribution in [2.24, 2.45) is 5.41 Å². The fourth-order valence-electron chi connectivity index (χ4n) is 5.13. The Balaban J connectivity index is 1.59. The van der Waals surface area contributed by atoms with E-state index in [1.54, 1.807) is 0 Å². The summed E-state index contributed by atoms with van der Waals surface area (Å²) in [7, 11) is -2.48. The summed E-state index contributed by atoms with van der Waals surface area (Å²) in [6.07, 6.45) is 5.00. The number of likely N-dealkylation sites (tertiary alicyclic amines) is 1. The van der Waals surface area contributed by atoms with Gasteiger partial charge in [0.2, 0.25) is 0 Å². The van der Waals surface area contributed by atoms with Crippen LogP contribution in [0.3, 0.4) is 0 Å². The van der Waals surface area contributed by atoms with Crippen LogP contribution in [0.25, 0.3) is 0 Å². The van der Waals surface area contributed by atoms with Gasteiger partial charge in [-0.15, -0.1) is 0 Å². The van der Waals surface area contributed by atoms with Crippen LogP contribution in [0.1, 0.15) is 46.5 Å². The minimum absolute atomic E-state index is 0.0116. The van der Waals surface area contributed by atoms with E-state index in [9.17, 15) is 4.39 Å². The number of halogens is 1. The van der Waals surface area contributed by atoms with Crippen molar-refractivity contribution < 1.29 is 8.82 Å². The maximum absolute atomic E-state index is 12.8. The van der Waals surface area contributed by atoms with E-state index in [1.807, 2.05) is 0 Å². The van der Waals surface area contributed by atoms with Gasteiger partial charge >= 0.3 is 0 Å². The lowest BCUT2D eigenvalue weighted by atomic mass is 10.0. The summed E-state index contributed by atoms with van der Waals surface area (Å²) in [4.78, 5) is 2.52. The predicted molar refractivity (Wildman–Crippen MR) is 130 cm³/mol. The third-order valence-electron chi connectivity index (χ3n) is 7.18. The largest absolute Gasteiger partial charge is 0.407 e. The van der Waals surface area contributed by atoms with E-state index in [2.05, 4.69) is 86.3 Å². The maximum Gasteiger partial charge on any atom is 0.261 e. The highest BCUT2D eigenvalue weighted by Gasteiger charge is 2.53. The van der Waals surface area contributed by atoms with Crippen LogP contribution in [0.4, 0.5) is 4.39 Å². The molecule has 0 unspecified atom stereocenters. The summed E-state index contributed by atoms with van der Waals surface area (Å²) >= 11 is 0. The second kappa shape index (κ2) is 9.01. The first-order valence-electron chi connectivity index (χ1n) is 11.6. The Labute approximate surface area is 188 Å². The first kappa shape index (κ1) is 22.4. The van der Waals surface area contributed by atoms with Gasteiger partial charge in [-0.3, -0.25) is 0 Å². The highest BCUT2D eigenvalue weighted by Crippen LogP contribution is 2.48. The monoisotopic (exact) mass is 437 g/mol. The van der Waals surface area contributed by atoms with Gasteiger partial charge in [-0.25, -0.2) is 4.39 Å². The zero-order chi connectivity index (χ0) is 22.0. The molecule has 1 aliphatic heterocycles. The Kier molecular flexibility index (Phi) is 6.52. The summed E-state index contributed by atoms with van der Waals surface area (Å²) in [6, 6.07) is 21.8. The van der Waals surface area contributed by atoms with E-state index in [1.165, 1.54) is 23.2 Å². The van der Waals surface area contributed by atoms with Crippen LogP contribution in [0.15, 0.2) is 72.6 Å². The van der Waals surface area contributed by atoms with E-state index >= 15 is 0 Å². The molecule has 0 N–H and O–H groups in total. The van der Waals surface area contributed by atoms with Gasteiger partial charge in [0.1, 0.15) is 0 Å². The van der Waals surface area contributed by atoms with Gasteiger partial charge in [-0.1, -0.05) is 81.4 Å². The second-order valence-electron chi connectivity index (χ2n) is 10.5. The van der Waals surface area contributed by atoms with E-state index < -0.39 is 8.32 Å². The van der Waals surface area contributed by atoms with Crippen molar-refractivity contribution >= 4 is 18.7 Å². The molecule has 4 rings (SSSR count). The van der Waals surface area contributed by atoms with Gasteiger partial charge in [-0.2, -0.15) is 0 Å². The molecule has 2 aromatic carbocycles. The van der Waals surface area contributed by atoms with Crippen LogP contribution >= 0.6 is 0 Å². The molecule has 1 aliphatic carbocycles. The number of piperidine rings is 1. The lowest BCUT2D eigenvalue weighted by molar-refractivity contribution is 0.148. The van der Waals surface area contributed by atoms with E-state index in [0.717, 1.165) is 51.0 Å².